The Balaban J connectivity index is 1.74. The number of nitrogens with zero attached hydrogens (tertiary/aromatic N) is 2. The molecule has 1 aromatic carbocycles. The highest BCUT2D eigenvalue weighted by atomic mass is 35.5. The number of hydrogen-bond acceptors (Lipinski definition) is 11. The number of ether oxygens (including phenoxy) is 3. The Kier molecular flexibility index (Phi) is 11.8. The SMILES string of the molecule is CC(C)N1CCC(C(=O)Nc2c(O[C@@H]3O[C@H](C(=O)O)[C@@H](O)[C@H](O)[C@H]3OC(=O)C(F)(F)F)cc(Cl)cc2C(=O)Nc2ccc(Cl)cn2)CC1. The van der Waals surface area contributed by atoms with E-state index in [0.29, 0.717) is 25.9 Å². The van der Waals surface area contributed by atoms with Crippen molar-refractivity contribution in [2.45, 2.75) is 69.6 Å². The van der Waals surface area contributed by atoms with Gasteiger partial charge in [-0.3, -0.25) is 9.59 Å². The van der Waals surface area contributed by atoms with Crippen molar-refractivity contribution in [1.29, 1.82) is 0 Å². The highest BCUT2D eigenvalue weighted by Gasteiger charge is 2.53. The molecule has 19 heteroatoms. The number of esters is 1. The second-order valence-corrected chi connectivity index (χ2v) is 12.1. The summed E-state index contributed by atoms with van der Waals surface area (Å²) in [4.78, 5) is 56.7. The van der Waals surface area contributed by atoms with Gasteiger partial charge in [0.25, 0.3) is 5.91 Å². The zero-order chi connectivity index (χ0) is 35.5. The van der Waals surface area contributed by atoms with Crippen molar-refractivity contribution < 1.29 is 61.9 Å². The number of anilines is 2. The van der Waals surface area contributed by atoms with Gasteiger partial charge in [0.1, 0.15) is 23.8 Å². The summed E-state index contributed by atoms with van der Waals surface area (Å²) < 4.78 is 54.5. The summed E-state index contributed by atoms with van der Waals surface area (Å²) in [7, 11) is 0. The second kappa shape index (κ2) is 15.2. The summed E-state index contributed by atoms with van der Waals surface area (Å²) >= 11 is 12.1. The number of amides is 2. The largest absolute Gasteiger partial charge is 0.490 e. The first-order chi connectivity index (χ1) is 22.5. The van der Waals surface area contributed by atoms with Crippen LogP contribution in [0.2, 0.25) is 10.0 Å². The summed E-state index contributed by atoms with van der Waals surface area (Å²) in [5, 5.41) is 35.4. The molecule has 2 aliphatic heterocycles. The van der Waals surface area contributed by atoms with Gasteiger partial charge in [-0.1, -0.05) is 23.2 Å². The number of aliphatic hydroxyl groups excluding tert-OH is 2. The van der Waals surface area contributed by atoms with E-state index in [4.69, 9.17) is 32.7 Å². The fraction of sp³-hybridized carbons (Fsp3) is 0.483. The molecular weight excluding hydrogens is 692 g/mol. The van der Waals surface area contributed by atoms with E-state index in [2.05, 4.69) is 25.3 Å². The fourth-order valence-electron chi connectivity index (χ4n) is 5.10. The number of carbonyl (C=O) groups excluding carboxylic acids is 3. The molecule has 1 aromatic heterocycles. The number of halogens is 5. The summed E-state index contributed by atoms with van der Waals surface area (Å²) in [6, 6.07) is 5.20. The molecule has 0 aliphatic carbocycles. The molecule has 48 heavy (non-hydrogen) atoms. The van der Waals surface area contributed by atoms with Crippen molar-refractivity contribution in [3.8, 4) is 5.75 Å². The van der Waals surface area contributed by atoms with Gasteiger partial charge in [0.2, 0.25) is 12.2 Å². The van der Waals surface area contributed by atoms with Crippen molar-refractivity contribution >= 4 is 58.5 Å². The predicted octanol–water partition coefficient (Wildman–Crippen LogP) is 3.08. The van der Waals surface area contributed by atoms with Crippen LogP contribution in [0.5, 0.6) is 5.75 Å². The number of pyridine rings is 1. The van der Waals surface area contributed by atoms with E-state index in [0.717, 1.165) is 12.1 Å². The van der Waals surface area contributed by atoms with E-state index in [1.165, 1.54) is 18.3 Å². The number of aliphatic hydroxyl groups is 2. The lowest BCUT2D eigenvalue weighted by Gasteiger charge is -2.40. The van der Waals surface area contributed by atoms with Crippen LogP contribution in [0.3, 0.4) is 0 Å². The smallest absolute Gasteiger partial charge is 0.479 e. The molecule has 5 atom stereocenters. The van der Waals surface area contributed by atoms with Crippen molar-refractivity contribution in [3.63, 3.8) is 0 Å². The van der Waals surface area contributed by atoms with Gasteiger partial charge in [-0.05, 0) is 58.0 Å². The van der Waals surface area contributed by atoms with Crippen LogP contribution in [-0.4, -0.2) is 105 Å². The molecule has 3 heterocycles. The Labute approximate surface area is 281 Å². The van der Waals surface area contributed by atoms with Crippen molar-refractivity contribution in [2.24, 2.45) is 5.92 Å². The first-order valence-electron chi connectivity index (χ1n) is 14.5. The molecule has 262 valence electrons. The number of nitrogens with one attached hydrogen (secondary N) is 2. The molecule has 0 bridgehead atoms. The van der Waals surface area contributed by atoms with Crippen LogP contribution in [0.4, 0.5) is 24.7 Å². The van der Waals surface area contributed by atoms with Crippen LogP contribution < -0.4 is 15.4 Å². The molecule has 14 nitrogen and oxygen atoms in total. The maximum absolute atomic E-state index is 13.5. The number of aromatic nitrogens is 1. The Morgan fingerprint density at radius 2 is 1.71 bits per heavy atom. The lowest BCUT2D eigenvalue weighted by molar-refractivity contribution is -0.284. The molecule has 2 aromatic rings. The number of rotatable bonds is 9. The van der Waals surface area contributed by atoms with Gasteiger partial charge in [-0.15, -0.1) is 0 Å². The number of benzene rings is 1. The minimum absolute atomic E-state index is 0.0290. The summed E-state index contributed by atoms with van der Waals surface area (Å²) in [5.74, 6) is -7.18. The minimum atomic E-state index is -5.57. The van der Waals surface area contributed by atoms with Gasteiger partial charge < -0.3 is 45.1 Å². The first kappa shape index (κ1) is 37.1. The molecule has 2 amide bonds. The van der Waals surface area contributed by atoms with Gasteiger partial charge in [0, 0.05) is 29.2 Å². The third-order valence-corrected chi connectivity index (χ3v) is 8.11. The number of carboxylic acids is 1. The minimum Gasteiger partial charge on any atom is -0.479 e. The highest BCUT2D eigenvalue weighted by Crippen LogP contribution is 2.38. The third kappa shape index (κ3) is 8.83. The van der Waals surface area contributed by atoms with Crippen molar-refractivity contribution in [3.05, 3.63) is 46.1 Å². The highest BCUT2D eigenvalue weighted by molar-refractivity contribution is 6.32. The summed E-state index contributed by atoms with van der Waals surface area (Å²) in [5.41, 5.74) is -0.712. The standard InChI is InChI=1S/C29H31Cl2F3N4O10/c1-12(2)38-7-5-13(6-8-38)24(41)37-19-16(25(42)36-18-4-3-14(30)11-35-18)9-15(31)10-17(19)46-27-23(48-28(45)29(32,33)34)21(40)20(39)22(47-27)26(43)44/h3-4,9-13,20-23,27,39-40H,5-8H2,1-2H3,(H,37,41)(H,43,44)(H,35,36,42)/t20-,21-,22-,23+,27+/m0/s1. The number of hydrogen-bond donors (Lipinski definition) is 5. The van der Waals surface area contributed by atoms with Gasteiger partial charge in [-0.25, -0.2) is 14.6 Å². The van der Waals surface area contributed by atoms with Gasteiger partial charge in [-0.2, -0.15) is 13.2 Å². The summed E-state index contributed by atoms with van der Waals surface area (Å²) in [6.07, 6.45) is -15.3. The molecule has 2 fully saturated rings. The number of alkyl halides is 3. The maximum Gasteiger partial charge on any atom is 0.490 e. The monoisotopic (exact) mass is 722 g/mol. The molecular formula is C29H31Cl2F3N4O10. The Hall–Kier alpha value is -3.74. The lowest BCUT2D eigenvalue weighted by atomic mass is 9.94. The number of carbonyl (C=O) groups is 4. The molecule has 0 unspecified atom stereocenters. The zero-order valence-corrected chi connectivity index (χ0v) is 26.8. The van der Waals surface area contributed by atoms with Crippen LogP contribution in [0.25, 0.3) is 0 Å². The van der Waals surface area contributed by atoms with E-state index < -0.39 is 72.3 Å². The first-order valence-corrected chi connectivity index (χ1v) is 15.2. The molecule has 2 aliphatic rings. The third-order valence-electron chi connectivity index (χ3n) is 7.67. The van der Waals surface area contributed by atoms with Gasteiger partial charge in [0.05, 0.1) is 16.3 Å². The molecule has 0 spiro atoms. The van der Waals surface area contributed by atoms with E-state index in [-0.39, 0.29) is 33.2 Å². The van der Waals surface area contributed by atoms with Crippen molar-refractivity contribution in [1.82, 2.24) is 9.88 Å². The van der Waals surface area contributed by atoms with Crippen LogP contribution in [-0.2, 0) is 23.9 Å². The Bertz CT molecular complexity index is 1520. The maximum atomic E-state index is 13.5. The quantitative estimate of drug-likeness (QED) is 0.238. The fourth-order valence-corrected chi connectivity index (χ4v) is 5.42. The van der Waals surface area contributed by atoms with Crippen LogP contribution in [0, 0.1) is 5.92 Å². The average molecular weight is 723 g/mol. The molecule has 2 saturated heterocycles. The number of carboxylic acid groups (broad SMARTS) is 1. The summed E-state index contributed by atoms with van der Waals surface area (Å²) in [6.45, 7) is 5.20. The van der Waals surface area contributed by atoms with Gasteiger partial charge in [0.15, 0.2) is 12.2 Å². The Morgan fingerprint density at radius 3 is 2.27 bits per heavy atom. The average Bonchev–Trinajstić information content (AvgIpc) is 3.01. The van der Waals surface area contributed by atoms with Crippen LogP contribution in [0.15, 0.2) is 30.5 Å². The lowest BCUT2D eigenvalue weighted by Crippen LogP contribution is -2.62. The normalized spacial score (nSPS) is 23.8. The molecule has 5 N–H and O–H groups in total. The second-order valence-electron chi connectivity index (χ2n) is 11.3. The number of piperidine rings is 1. The topological polar surface area (TPSA) is 197 Å². The van der Waals surface area contributed by atoms with Crippen LogP contribution in [0.1, 0.15) is 37.0 Å². The van der Waals surface area contributed by atoms with Gasteiger partial charge >= 0.3 is 18.1 Å². The molecule has 4 rings (SSSR count). The van der Waals surface area contributed by atoms with Crippen molar-refractivity contribution in [2.75, 3.05) is 23.7 Å². The van der Waals surface area contributed by atoms with E-state index in [1.54, 1.807) is 0 Å². The van der Waals surface area contributed by atoms with Crippen LogP contribution >= 0.6 is 23.2 Å². The van der Waals surface area contributed by atoms with E-state index >= 15 is 0 Å². The van der Waals surface area contributed by atoms with E-state index in [9.17, 15) is 47.7 Å². The zero-order valence-electron chi connectivity index (χ0n) is 25.2. The number of aliphatic carboxylic acids is 1. The number of likely N-dealkylation sites (tertiary alicyclic amines) is 1. The predicted molar refractivity (Wildman–Crippen MR) is 162 cm³/mol. The molecule has 0 radical (unpaired) electrons. The molecule has 0 saturated carbocycles. The Morgan fingerprint density at radius 1 is 1.04 bits per heavy atom. The van der Waals surface area contributed by atoms with E-state index in [1.807, 2.05) is 13.8 Å².